The topological polar surface area (TPSA) is 38.0 Å². The molecule has 1 aliphatic rings. The zero-order valence-electron chi connectivity index (χ0n) is 11.5. The number of benzene rings is 1. The highest BCUT2D eigenvalue weighted by molar-refractivity contribution is 5.59. The van der Waals surface area contributed by atoms with Crippen LogP contribution in [0.15, 0.2) is 18.2 Å². The molecule has 0 aromatic heterocycles. The van der Waals surface area contributed by atoms with Crippen molar-refractivity contribution in [2.24, 2.45) is 11.8 Å². The third-order valence-electron chi connectivity index (χ3n) is 4.40. The zero-order valence-corrected chi connectivity index (χ0v) is 11.5. The average Bonchev–Trinajstić information content (AvgIpc) is 2.72. The molecule has 3 unspecified atom stereocenters. The van der Waals surface area contributed by atoms with Crippen molar-refractivity contribution in [3.05, 3.63) is 23.8 Å². The van der Waals surface area contributed by atoms with Crippen molar-refractivity contribution < 1.29 is 8.78 Å². The van der Waals surface area contributed by atoms with Crippen molar-refractivity contribution in [1.82, 2.24) is 0 Å². The summed E-state index contributed by atoms with van der Waals surface area (Å²) in [5.41, 5.74) is 6.50. The summed E-state index contributed by atoms with van der Waals surface area (Å²) in [6.07, 6.45) is 0.883. The number of hydrogen-bond acceptors (Lipinski definition) is 2. The Hall–Kier alpha value is -1.32. The van der Waals surface area contributed by atoms with Crippen molar-refractivity contribution in [3.8, 4) is 0 Å². The minimum atomic E-state index is -2.50. The number of rotatable bonds is 4. The van der Waals surface area contributed by atoms with E-state index in [1.54, 1.807) is 12.1 Å². The smallest absolute Gasteiger partial charge is 0.265 e. The standard InChI is InChI=1S/C15H22F2N2/c1-3-10-4-6-13(9(10)2)19-14-7-5-11(18)8-12(14)15(16)17/h5,7-10,13,15,19H,3-4,6,18H2,1-2H3. The molecule has 1 aliphatic carbocycles. The highest BCUT2D eigenvalue weighted by Gasteiger charge is 2.32. The van der Waals surface area contributed by atoms with Crippen LogP contribution in [-0.4, -0.2) is 6.04 Å². The van der Waals surface area contributed by atoms with Crippen molar-refractivity contribution in [2.75, 3.05) is 11.1 Å². The van der Waals surface area contributed by atoms with Crippen molar-refractivity contribution in [1.29, 1.82) is 0 Å². The molecule has 1 fully saturated rings. The molecule has 1 aromatic carbocycles. The van der Waals surface area contributed by atoms with Gasteiger partial charge in [-0.3, -0.25) is 0 Å². The van der Waals surface area contributed by atoms with E-state index >= 15 is 0 Å². The molecule has 0 saturated heterocycles. The van der Waals surface area contributed by atoms with Crippen LogP contribution < -0.4 is 11.1 Å². The quantitative estimate of drug-likeness (QED) is 0.792. The monoisotopic (exact) mass is 268 g/mol. The first kappa shape index (κ1) is 14.1. The lowest BCUT2D eigenvalue weighted by Crippen LogP contribution is -2.25. The highest BCUT2D eigenvalue weighted by Crippen LogP contribution is 2.37. The molecular weight excluding hydrogens is 246 g/mol. The van der Waals surface area contributed by atoms with Gasteiger partial charge in [-0.1, -0.05) is 20.3 Å². The second-order valence-electron chi connectivity index (χ2n) is 5.50. The van der Waals surface area contributed by atoms with E-state index in [4.69, 9.17) is 5.73 Å². The maximum Gasteiger partial charge on any atom is 0.265 e. The third kappa shape index (κ3) is 2.99. The molecule has 0 radical (unpaired) electrons. The number of nitrogen functional groups attached to an aromatic ring is 1. The van der Waals surface area contributed by atoms with Gasteiger partial charge in [0.2, 0.25) is 0 Å². The molecule has 1 saturated carbocycles. The second kappa shape index (κ2) is 5.76. The highest BCUT2D eigenvalue weighted by atomic mass is 19.3. The van der Waals surface area contributed by atoms with E-state index in [-0.39, 0.29) is 11.6 Å². The zero-order chi connectivity index (χ0) is 14.0. The molecule has 0 bridgehead atoms. The molecule has 2 nitrogen and oxygen atoms in total. The van der Waals surface area contributed by atoms with E-state index < -0.39 is 6.43 Å². The van der Waals surface area contributed by atoms with E-state index in [1.165, 1.54) is 12.5 Å². The van der Waals surface area contributed by atoms with Gasteiger partial charge in [-0.2, -0.15) is 0 Å². The maximum absolute atomic E-state index is 13.0. The molecule has 106 valence electrons. The lowest BCUT2D eigenvalue weighted by Gasteiger charge is -2.23. The lowest BCUT2D eigenvalue weighted by atomic mass is 9.93. The third-order valence-corrected chi connectivity index (χ3v) is 4.40. The summed E-state index contributed by atoms with van der Waals surface area (Å²) in [6, 6.07) is 4.99. The molecule has 4 heteroatoms. The van der Waals surface area contributed by atoms with Gasteiger partial charge in [0.1, 0.15) is 0 Å². The summed E-state index contributed by atoms with van der Waals surface area (Å²) in [7, 11) is 0. The number of nitrogens with two attached hydrogens (primary N) is 1. The van der Waals surface area contributed by atoms with Crippen LogP contribution in [0.1, 0.15) is 45.1 Å². The fraction of sp³-hybridized carbons (Fsp3) is 0.600. The van der Waals surface area contributed by atoms with E-state index in [9.17, 15) is 8.78 Å². The van der Waals surface area contributed by atoms with Gasteiger partial charge in [-0.25, -0.2) is 8.78 Å². The van der Waals surface area contributed by atoms with E-state index in [1.807, 2.05) is 0 Å². The molecule has 0 amide bonds. The maximum atomic E-state index is 13.0. The van der Waals surface area contributed by atoms with Gasteiger partial charge in [0.05, 0.1) is 0 Å². The number of nitrogens with one attached hydrogen (secondary N) is 1. The van der Waals surface area contributed by atoms with Crippen LogP contribution in [-0.2, 0) is 0 Å². The molecule has 19 heavy (non-hydrogen) atoms. The van der Waals surface area contributed by atoms with Crippen LogP contribution in [0.4, 0.5) is 20.2 Å². The molecule has 3 N–H and O–H groups in total. The Morgan fingerprint density at radius 3 is 2.68 bits per heavy atom. The van der Waals surface area contributed by atoms with Crippen LogP contribution in [0.5, 0.6) is 0 Å². The van der Waals surface area contributed by atoms with Gasteiger partial charge in [0.25, 0.3) is 6.43 Å². The second-order valence-corrected chi connectivity index (χ2v) is 5.50. The van der Waals surface area contributed by atoms with Crippen LogP contribution in [0.2, 0.25) is 0 Å². The van der Waals surface area contributed by atoms with Crippen LogP contribution >= 0.6 is 0 Å². The van der Waals surface area contributed by atoms with Crippen LogP contribution in [0.25, 0.3) is 0 Å². The van der Waals surface area contributed by atoms with Gasteiger partial charge in [0, 0.05) is 23.0 Å². The Labute approximate surface area is 113 Å². The minimum Gasteiger partial charge on any atom is -0.399 e. The Kier molecular flexibility index (Phi) is 4.27. The molecule has 0 aliphatic heterocycles. The first-order valence-corrected chi connectivity index (χ1v) is 6.97. The summed E-state index contributed by atoms with van der Waals surface area (Å²) in [6.45, 7) is 4.40. The Morgan fingerprint density at radius 2 is 2.11 bits per heavy atom. The summed E-state index contributed by atoms with van der Waals surface area (Å²) in [5, 5.41) is 3.30. The van der Waals surface area contributed by atoms with Gasteiger partial charge >= 0.3 is 0 Å². The summed E-state index contributed by atoms with van der Waals surface area (Å²) in [5.74, 6) is 1.22. The fourth-order valence-corrected chi connectivity index (χ4v) is 3.12. The minimum absolute atomic E-state index is 0.00662. The van der Waals surface area contributed by atoms with Crippen molar-refractivity contribution >= 4 is 11.4 Å². The number of anilines is 2. The Balaban J connectivity index is 2.15. The largest absolute Gasteiger partial charge is 0.399 e. The summed E-state index contributed by atoms with van der Waals surface area (Å²) < 4.78 is 26.1. The molecule has 0 spiro atoms. The molecule has 1 aromatic rings. The van der Waals surface area contributed by atoms with Gasteiger partial charge in [-0.05, 0) is 42.9 Å². The molecule has 2 rings (SSSR count). The van der Waals surface area contributed by atoms with Crippen molar-refractivity contribution in [2.45, 2.75) is 45.6 Å². The van der Waals surface area contributed by atoms with Crippen LogP contribution in [0.3, 0.4) is 0 Å². The predicted octanol–water partition coefficient (Wildman–Crippen LogP) is 4.44. The predicted molar refractivity (Wildman–Crippen MR) is 75.4 cm³/mol. The number of hydrogen-bond donors (Lipinski definition) is 2. The van der Waals surface area contributed by atoms with E-state index in [2.05, 4.69) is 19.2 Å². The average molecular weight is 268 g/mol. The fourth-order valence-electron chi connectivity index (χ4n) is 3.12. The SMILES string of the molecule is CCC1CCC(Nc2ccc(N)cc2C(F)F)C1C. The Bertz CT molecular complexity index is 434. The first-order valence-electron chi connectivity index (χ1n) is 6.97. The molecular formula is C15H22F2N2. The normalized spacial score (nSPS) is 26.9. The summed E-state index contributed by atoms with van der Waals surface area (Å²) >= 11 is 0. The van der Waals surface area contributed by atoms with Crippen molar-refractivity contribution in [3.63, 3.8) is 0 Å². The van der Waals surface area contributed by atoms with Gasteiger partial charge in [0.15, 0.2) is 0 Å². The molecule has 3 atom stereocenters. The number of halogens is 2. The van der Waals surface area contributed by atoms with Crippen LogP contribution in [0, 0.1) is 11.8 Å². The summed E-state index contributed by atoms with van der Waals surface area (Å²) in [4.78, 5) is 0. The van der Waals surface area contributed by atoms with E-state index in [0.717, 1.165) is 12.8 Å². The number of alkyl halides is 2. The Morgan fingerprint density at radius 1 is 1.37 bits per heavy atom. The molecule has 0 heterocycles. The van der Waals surface area contributed by atoms with E-state index in [0.29, 0.717) is 23.2 Å². The van der Waals surface area contributed by atoms with Gasteiger partial charge in [-0.15, -0.1) is 0 Å². The lowest BCUT2D eigenvalue weighted by molar-refractivity contribution is 0.152. The first-order chi connectivity index (χ1) is 9.02. The van der Waals surface area contributed by atoms with Gasteiger partial charge < -0.3 is 11.1 Å².